The molecule has 1 amide bonds. The normalized spacial score (nSPS) is 16.5. The molecule has 0 saturated carbocycles. The van der Waals surface area contributed by atoms with Crippen LogP contribution in [0.4, 0.5) is 5.69 Å². The second kappa shape index (κ2) is 6.49. The molecular weight excluding hydrogens is 296 g/mol. The summed E-state index contributed by atoms with van der Waals surface area (Å²) in [6, 6.07) is 13.5. The fourth-order valence-corrected chi connectivity index (χ4v) is 2.78. The highest BCUT2D eigenvalue weighted by atomic mass is 32.2. The van der Waals surface area contributed by atoms with Gasteiger partial charge >= 0.3 is 0 Å². The molecule has 2 aromatic rings. The molecule has 0 N–H and O–H groups in total. The summed E-state index contributed by atoms with van der Waals surface area (Å²) in [6.07, 6.45) is 6.96. The van der Waals surface area contributed by atoms with E-state index in [1.807, 2.05) is 54.4 Å². The molecule has 0 unspecified atom stereocenters. The number of aliphatic imine (C=N–C) groups is 1. The van der Waals surface area contributed by atoms with Crippen molar-refractivity contribution in [2.24, 2.45) is 4.99 Å². The molecule has 1 aliphatic rings. The lowest BCUT2D eigenvalue weighted by Gasteiger charge is -2.17. The number of carbonyl (C=O) groups excluding carboxylic acids is 1. The average molecular weight is 310 g/mol. The first-order valence-electron chi connectivity index (χ1n) is 6.75. The number of para-hydroxylation sites is 1. The maximum absolute atomic E-state index is 12.0. The van der Waals surface area contributed by atoms with E-state index in [1.165, 1.54) is 11.8 Å². The Bertz CT molecular complexity index is 746. The van der Waals surface area contributed by atoms with Gasteiger partial charge in [-0.1, -0.05) is 24.3 Å². The van der Waals surface area contributed by atoms with Crippen LogP contribution in [-0.2, 0) is 4.79 Å². The average Bonchev–Trinajstić information content (AvgIpc) is 3.18. The third-order valence-electron chi connectivity index (χ3n) is 3.09. The summed E-state index contributed by atoms with van der Waals surface area (Å²) in [6.45, 7) is 0. The predicted octanol–water partition coefficient (Wildman–Crippen LogP) is 3.94. The van der Waals surface area contributed by atoms with Crippen molar-refractivity contribution in [3.05, 3.63) is 71.5 Å². The van der Waals surface area contributed by atoms with Crippen molar-refractivity contribution in [3.8, 4) is 0 Å². The highest BCUT2D eigenvalue weighted by Crippen LogP contribution is 2.30. The van der Waals surface area contributed by atoms with Crippen molar-refractivity contribution in [1.29, 1.82) is 0 Å². The van der Waals surface area contributed by atoms with Gasteiger partial charge in [0.2, 0.25) is 0 Å². The zero-order valence-electron chi connectivity index (χ0n) is 12.0. The lowest BCUT2D eigenvalue weighted by Crippen LogP contribution is -2.21. The van der Waals surface area contributed by atoms with Gasteiger partial charge in [-0.2, -0.15) is 4.99 Å². The lowest BCUT2D eigenvalue weighted by molar-refractivity contribution is -0.113. The number of carbonyl (C=O) groups is 1. The highest BCUT2D eigenvalue weighted by molar-refractivity contribution is 8.18. The Morgan fingerprint density at radius 1 is 1.18 bits per heavy atom. The van der Waals surface area contributed by atoms with Crippen LogP contribution < -0.4 is 4.90 Å². The first-order chi connectivity index (χ1) is 10.7. The minimum absolute atomic E-state index is 0.216. The maximum Gasteiger partial charge on any atom is 0.286 e. The second-order valence-electron chi connectivity index (χ2n) is 4.60. The van der Waals surface area contributed by atoms with Gasteiger partial charge in [-0.15, -0.1) is 0 Å². The van der Waals surface area contributed by atoms with E-state index in [2.05, 4.69) is 4.99 Å². The van der Waals surface area contributed by atoms with Crippen molar-refractivity contribution >= 4 is 34.6 Å². The fraction of sp³-hybridized carbons (Fsp3) is 0.0588. The fourth-order valence-electron chi connectivity index (χ4n) is 1.93. The molecule has 2 heterocycles. The van der Waals surface area contributed by atoms with Gasteiger partial charge in [-0.3, -0.25) is 4.79 Å². The summed E-state index contributed by atoms with van der Waals surface area (Å²) in [7, 11) is 1.90. The molecule has 22 heavy (non-hydrogen) atoms. The minimum atomic E-state index is -0.216. The van der Waals surface area contributed by atoms with Crippen LogP contribution in [0.25, 0.3) is 6.08 Å². The Kier molecular flexibility index (Phi) is 4.25. The standard InChI is InChI=1S/C17H14N2O2S/c1-19(13-7-3-2-4-8-13)17-18-16(20)15(22-17)11-5-9-14-10-6-12-21-14/h2-12H,1H3. The first kappa shape index (κ1) is 14.4. The molecule has 5 heteroatoms. The zero-order chi connectivity index (χ0) is 15.4. The van der Waals surface area contributed by atoms with Gasteiger partial charge in [-0.05, 0) is 48.2 Å². The van der Waals surface area contributed by atoms with Crippen LogP contribution in [0.5, 0.6) is 0 Å². The third-order valence-corrected chi connectivity index (χ3v) is 4.17. The van der Waals surface area contributed by atoms with Crippen molar-refractivity contribution in [3.63, 3.8) is 0 Å². The number of amides is 1. The molecule has 1 aromatic carbocycles. The van der Waals surface area contributed by atoms with Crippen molar-refractivity contribution in [2.45, 2.75) is 0 Å². The van der Waals surface area contributed by atoms with Gasteiger partial charge < -0.3 is 9.32 Å². The molecule has 3 rings (SSSR count). The van der Waals surface area contributed by atoms with E-state index in [-0.39, 0.29) is 5.91 Å². The van der Waals surface area contributed by atoms with Gasteiger partial charge in [-0.25, -0.2) is 0 Å². The van der Waals surface area contributed by atoms with Gasteiger partial charge in [0, 0.05) is 12.7 Å². The Balaban J connectivity index is 1.71. The largest absolute Gasteiger partial charge is 0.465 e. The van der Waals surface area contributed by atoms with Crippen LogP contribution >= 0.6 is 11.8 Å². The van der Waals surface area contributed by atoms with Gasteiger partial charge in [0.25, 0.3) is 5.91 Å². The van der Waals surface area contributed by atoms with E-state index in [0.29, 0.717) is 10.1 Å². The second-order valence-corrected chi connectivity index (χ2v) is 5.61. The van der Waals surface area contributed by atoms with Crippen molar-refractivity contribution in [2.75, 3.05) is 11.9 Å². The number of benzene rings is 1. The van der Waals surface area contributed by atoms with Gasteiger partial charge in [0.05, 0.1) is 11.2 Å². The number of hydrogen-bond acceptors (Lipinski definition) is 4. The van der Waals surface area contributed by atoms with Crippen LogP contribution in [0, 0.1) is 0 Å². The third kappa shape index (κ3) is 3.20. The number of allylic oxidation sites excluding steroid dienone is 2. The van der Waals surface area contributed by atoms with Crippen LogP contribution in [0.1, 0.15) is 5.76 Å². The minimum Gasteiger partial charge on any atom is -0.465 e. The molecule has 1 aromatic heterocycles. The lowest BCUT2D eigenvalue weighted by atomic mass is 10.3. The highest BCUT2D eigenvalue weighted by Gasteiger charge is 2.24. The van der Waals surface area contributed by atoms with Crippen molar-refractivity contribution < 1.29 is 9.21 Å². The monoisotopic (exact) mass is 310 g/mol. The molecule has 0 fully saturated rings. The number of hydrogen-bond donors (Lipinski definition) is 0. The summed E-state index contributed by atoms with van der Waals surface area (Å²) in [5, 5.41) is 0.675. The maximum atomic E-state index is 12.0. The topological polar surface area (TPSA) is 45.8 Å². The van der Waals surface area contributed by atoms with E-state index in [1.54, 1.807) is 24.5 Å². The van der Waals surface area contributed by atoms with E-state index in [0.717, 1.165) is 11.4 Å². The zero-order valence-corrected chi connectivity index (χ0v) is 12.8. The first-order valence-corrected chi connectivity index (χ1v) is 7.57. The Morgan fingerprint density at radius 3 is 2.73 bits per heavy atom. The van der Waals surface area contributed by atoms with Crippen LogP contribution in [0.2, 0.25) is 0 Å². The molecule has 0 radical (unpaired) electrons. The number of anilines is 1. The molecule has 0 spiro atoms. The smallest absolute Gasteiger partial charge is 0.286 e. The van der Waals surface area contributed by atoms with Gasteiger partial charge in [0.15, 0.2) is 5.17 Å². The van der Waals surface area contributed by atoms with Gasteiger partial charge in [0.1, 0.15) is 5.76 Å². The quantitative estimate of drug-likeness (QED) is 0.806. The Morgan fingerprint density at radius 2 is 2.00 bits per heavy atom. The number of thioether (sulfide) groups is 1. The van der Waals surface area contributed by atoms with E-state index >= 15 is 0 Å². The molecule has 1 aliphatic heterocycles. The summed E-state index contributed by atoms with van der Waals surface area (Å²) in [5.74, 6) is 0.529. The number of nitrogens with zero attached hydrogens (tertiary/aromatic N) is 2. The summed E-state index contributed by atoms with van der Waals surface area (Å²) >= 11 is 1.36. The molecular formula is C17H14N2O2S. The number of rotatable bonds is 3. The van der Waals surface area contributed by atoms with E-state index in [4.69, 9.17) is 4.42 Å². The SMILES string of the molecule is CN(C1=NC(=O)C(=CC=Cc2ccco2)S1)c1ccccc1. The molecule has 4 nitrogen and oxygen atoms in total. The predicted molar refractivity (Wildman–Crippen MR) is 90.7 cm³/mol. The Labute approximate surface area is 132 Å². The molecule has 0 saturated heterocycles. The summed E-state index contributed by atoms with van der Waals surface area (Å²) < 4.78 is 5.20. The van der Waals surface area contributed by atoms with E-state index in [9.17, 15) is 4.79 Å². The van der Waals surface area contributed by atoms with E-state index < -0.39 is 0 Å². The molecule has 0 atom stereocenters. The number of furan rings is 1. The van der Waals surface area contributed by atoms with Crippen LogP contribution in [0.3, 0.4) is 0 Å². The summed E-state index contributed by atoms with van der Waals surface area (Å²) in [5.41, 5.74) is 0.994. The summed E-state index contributed by atoms with van der Waals surface area (Å²) in [4.78, 5) is 18.6. The van der Waals surface area contributed by atoms with Crippen LogP contribution in [-0.4, -0.2) is 18.1 Å². The molecule has 110 valence electrons. The molecule has 0 aliphatic carbocycles. The molecule has 0 bridgehead atoms. The van der Waals surface area contributed by atoms with Crippen molar-refractivity contribution in [1.82, 2.24) is 0 Å². The number of amidine groups is 1. The Hall–Kier alpha value is -2.53. The van der Waals surface area contributed by atoms with Crippen LogP contribution in [0.15, 0.2) is 75.2 Å².